The summed E-state index contributed by atoms with van der Waals surface area (Å²) < 4.78 is 5.47. The first-order chi connectivity index (χ1) is 13.7. The topological polar surface area (TPSA) is 86.3 Å². The summed E-state index contributed by atoms with van der Waals surface area (Å²) in [6.07, 6.45) is 0.705. The van der Waals surface area contributed by atoms with Crippen molar-refractivity contribution in [3.63, 3.8) is 0 Å². The monoisotopic (exact) mass is 531 g/mol. The van der Waals surface area contributed by atoms with Crippen molar-refractivity contribution in [1.82, 2.24) is 15.5 Å². The molecule has 168 valence electrons. The van der Waals surface area contributed by atoms with E-state index in [1.54, 1.807) is 9.80 Å². The largest absolute Gasteiger partial charge is 0.482 e. The number of hydrogen-bond acceptors (Lipinski definition) is 4. The Morgan fingerprint density at radius 3 is 2.67 bits per heavy atom. The van der Waals surface area contributed by atoms with Crippen LogP contribution in [-0.4, -0.2) is 68.0 Å². The zero-order chi connectivity index (χ0) is 21.4. The van der Waals surface area contributed by atoms with Gasteiger partial charge < -0.3 is 25.2 Å². The van der Waals surface area contributed by atoms with Crippen molar-refractivity contribution < 1.29 is 14.3 Å². The van der Waals surface area contributed by atoms with Gasteiger partial charge in [-0.25, -0.2) is 0 Å². The molecule has 0 aromatic heterocycles. The minimum atomic E-state index is -0.269. The van der Waals surface area contributed by atoms with Crippen LogP contribution in [0.15, 0.2) is 29.3 Å². The first-order valence-corrected chi connectivity index (χ1v) is 10.0. The molecule has 0 atom stereocenters. The van der Waals surface area contributed by atoms with Crippen LogP contribution in [0, 0.1) is 0 Å². The number of carbonyl (C=O) groups is 2. The second kappa shape index (κ2) is 12.0. The Morgan fingerprint density at radius 1 is 1.30 bits per heavy atom. The number of rotatable bonds is 7. The molecule has 1 aromatic rings. The Morgan fingerprint density at radius 2 is 2.00 bits per heavy atom. The van der Waals surface area contributed by atoms with Crippen LogP contribution in [0.5, 0.6) is 5.75 Å². The number of carbonyl (C=O) groups excluding carboxylic acids is 2. The number of hydrogen-bond donors (Lipinski definition) is 2. The van der Waals surface area contributed by atoms with Crippen molar-refractivity contribution in [3.05, 3.63) is 24.3 Å². The average molecular weight is 531 g/mol. The van der Waals surface area contributed by atoms with E-state index in [0.29, 0.717) is 32.0 Å². The van der Waals surface area contributed by atoms with Gasteiger partial charge in [-0.15, -0.1) is 24.0 Å². The Bertz CT molecular complexity index is 748. The molecule has 0 unspecified atom stereocenters. The van der Waals surface area contributed by atoms with Gasteiger partial charge in [-0.1, -0.05) is 12.1 Å². The molecule has 30 heavy (non-hydrogen) atoms. The van der Waals surface area contributed by atoms with Crippen molar-refractivity contribution in [3.8, 4) is 5.75 Å². The molecule has 0 radical (unpaired) electrons. The Hall–Kier alpha value is -2.04. The van der Waals surface area contributed by atoms with Crippen LogP contribution in [0.2, 0.25) is 0 Å². The van der Waals surface area contributed by atoms with E-state index in [1.807, 2.05) is 59.0 Å². The fraction of sp³-hybridized carbons (Fsp3) is 0.571. The van der Waals surface area contributed by atoms with E-state index in [4.69, 9.17) is 4.74 Å². The van der Waals surface area contributed by atoms with Crippen LogP contribution < -0.4 is 20.3 Å². The Balaban J connectivity index is 0.00000450. The van der Waals surface area contributed by atoms with Crippen LogP contribution in [-0.2, 0) is 9.59 Å². The fourth-order valence-corrected chi connectivity index (χ4v) is 3.03. The molecule has 1 aliphatic heterocycles. The number of nitrogens with one attached hydrogen (secondary N) is 2. The summed E-state index contributed by atoms with van der Waals surface area (Å²) in [6, 6.07) is 7.55. The summed E-state index contributed by atoms with van der Waals surface area (Å²) in [5.41, 5.74) is 0.532. The zero-order valence-corrected chi connectivity index (χ0v) is 20.9. The van der Waals surface area contributed by atoms with Crippen LogP contribution in [0.25, 0.3) is 0 Å². The molecule has 0 bridgehead atoms. The van der Waals surface area contributed by atoms with Crippen molar-refractivity contribution in [2.75, 3.05) is 44.7 Å². The second-order valence-corrected chi connectivity index (χ2v) is 8.05. The van der Waals surface area contributed by atoms with Crippen molar-refractivity contribution in [1.29, 1.82) is 0 Å². The Kier molecular flexibility index (Phi) is 10.4. The summed E-state index contributed by atoms with van der Waals surface area (Å²) in [4.78, 5) is 32.6. The molecule has 9 heteroatoms. The molecule has 2 N–H and O–H groups in total. The number of halogens is 1. The number of amides is 2. The molecular weight excluding hydrogens is 497 g/mol. The van der Waals surface area contributed by atoms with E-state index >= 15 is 0 Å². The highest BCUT2D eigenvalue weighted by Gasteiger charge is 2.24. The number of benzene rings is 1. The van der Waals surface area contributed by atoms with Gasteiger partial charge in [0.1, 0.15) is 5.75 Å². The molecule has 1 aromatic carbocycles. The molecule has 0 saturated heterocycles. The minimum Gasteiger partial charge on any atom is -0.482 e. The van der Waals surface area contributed by atoms with Crippen molar-refractivity contribution >= 4 is 47.4 Å². The smallest absolute Gasteiger partial charge is 0.265 e. The van der Waals surface area contributed by atoms with Gasteiger partial charge in [0.05, 0.1) is 12.2 Å². The Labute approximate surface area is 196 Å². The molecule has 1 heterocycles. The molecule has 0 spiro atoms. The van der Waals surface area contributed by atoms with Crippen molar-refractivity contribution in [2.45, 2.75) is 39.7 Å². The number of fused-ring (bicyclic) bond motifs is 1. The third kappa shape index (κ3) is 8.00. The van der Waals surface area contributed by atoms with E-state index in [2.05, 4.69) is 15.6 Å². The van der Waals surface area contributed by atoms with Crippen molar-refractivity contribution in [2.24, 2.45) is 4.99 Å². The highest BCUT2D eigenvalue weighted by atomic mass is 127. The van der Waals surface area contributed by atoms with E-state index in [0.717, 1.165) is 11.4 Å². The van der Waals surface area contributed by atoms with Crippen LogP contribution in [0.4, 0.5) is 5.69 Å². The maximum absolute atomic E-state index is 12.2. The lowest BCUT2D eigenvalue weighted by atomic mass is 10.1. The third-order valence-electron chi connectivity index (χ3n) is 4.20. The lowest BCUT2D eigenvalue weighted by molar-refractivity contribution is -0.123. The summed E-state index contributed by atoms with van der Waals surface area (Å²) in [5, 5.41) is 6.16. The SMILES string of the molecule is CCNC(=NCCCN1C(=O)COc2ccccc21)N(C)CC(=O)NC(C)(C)C.I. The number of aliphatic imine (C=N–C) groups is 1. The van der Waals surface area contributed by atoms with E-state index in [-0.39, 0.29) is 54.5 Å². The number of ether oxygens (including phenoxy) is 1. The molecule has 8 nitrogen and oxygen atoms in total. The van der Waals surface area contributed by atoms with E-state index < -0.39 is 0 Å². The zero-order valence-electron chi connectivity index (χ0n) is 18.5. The summed E-state index contributed by atoms with van der Waals surface area (Å²) in [5.74, 6) is 1.30. The van der Waals surface area contributed by atoms with Gasteiger partial charge in [0.25, 0.3) is 5.91 Å². The normalized spacial score (nSPS) is 13.7. The third-order valence-corrected chi connectivity index (χ3v) is 4.20. The fourth-order valence-electron chi connectivity index (χ4n) is 3.03. The number of likely N-dealkylation sites (N-methyl/N-ethyl adjacent to an activating group) is 1. The average Bonchev–Trinajstić information content (AvgIpc) is 2.64. The predicted molar refractivity (Wildman–Crippen MR) is 131 cm³/mol. The molecule has 0 fully saturated rings. The number of guanidine groups is 1. The second-order valence-electron chi connectivity index (χ2n) is 8.05. The van der Waals surface area contributed by atoms with Gasteiger partial charge in [-0.3, -0.25) is 14.6 Å². The van der Waals surface area contributed by atoms with Gasteiger partial charge in [0.2, 0.25) is 5.91 Å². The van der Waals surface area contributed by atoms with Gasteiger partial charge >= 0.3 is 0 Å². The number of anilines is 1. The first kappa shape index (κ1) is 26.0. The maximum atomic E-state index is 12.2. The summed E-state index contributed by atoms with van der Waals surface area (Å²) in [6.45, 7) is 9.95. The standard InChI is InChI=1S/C21H33N5O3.HI/c1-6-22-20(25(5)14-18(27)24-21(2,3)4)23-12-9-13-26-16-10-7-8-11-17(16)29-15-19(26)28;/h7-8,10-11H,6,9,12-15H2,1-5H3,(H,22,23)(H,24,27);1H. The molecule has 2 rings (SSSR count). The molecular formula is C21H34IN5O3. The lowest BCUT2D eigenvalue weighted by Crippen LogP contribution is -2.48. The quantitative estimate of drug-likeness (QED) is 0.244. The number of nitrogens with zero attached hydrogens (tertiary/aromatic N) is 3. The molecule has 2 amide bonds. The van der Waals surface area contributed by atoms with Gasteiger partial charge in [-0.2, -0.15) is 0 Å². The first-order valence-electron chi connectivity index (χ1n) is 10.0. The maximum Gasteiger partial charge on any atom is 0.265 e. The molecule has 0 saturated carbocycles. The molecule has 0 aliphatic carbocycles. The highest BCUT2D eigenvalue weighted by molar-refractivity contribution is 14.0. The predicted octanol–water partition coefficient (Wildman–Crippen LogP) is 2.23. The lowest BCUT2D eigenvalue weighted by Gasteiger charge is -2.29. The van der Waals surface area contributed by atoms with Gasteiger partial charge in [-0.05, 0) is 46.2 Å². The van der Waals surface area contributed by atoms with Gasteiger partial charge in [0, 0.05) is 32.2 Å². The van der Waals surface area contributed by atoms with Crippen LogP contribution in [0.3, 0.4) is 0 Å². The highest BCUT2D eigenvalue weighted by Crippen LogP contribution is 2.31. The van der Waals surface area contributed by atoms with Crippen LogP contribution >= 0.6 is 24.0 Å². The van der Waals surface area contributed by atoms with Crippen LogP contribution in [0.1, 0.15) is 34.1 Å². The van der Waals surface area contributed by atoms with Gasteiger partial charge in [0.15, 0.2) is 12.6 Å². The number of para-hydroxylation sites is 2. The summed E-state index contributed by atoms with van der Waals surface area (Å²) in [7, 11) is 1.84. The van der Waals surface area contributed by atoms with E-state index in [1.165, 1.54) is 0 Å². The molecule has 1 aliphatic rings. The minimum absolute atomic E-state index is 0. The van der Waals surface area contributed by atoms with E-state index in [9.17, 15) is 9.59 Å². The summed E-state index contributed by atoms with van der Waals surface area (Å²) >= 11 is 0.